The van der Waals surface area contributed by atoms with Crippen molar-refractivity contribution in [3.05, 3.63) is 0 Å². The lowest BCUT2D eigenvalue weighted by Crippen LogP contribution is -2.54. The average molecular weight is 254 g/mol. The molecule has 5 heteroatoms. The number of hydrazone groups is 1. The van der Waals surface area contributed by atoms with Crippen LogP contribution in [-0.4, -0.2) is 58.9 Å². The Kier molecular flexibility index (Phi) is 5.59. The van der Waals surface area contributed by atoms with E-state index in [0.29, 0.717) is 12.7 Å². The topological polar surface area (TPSA) is 39.1 Å². The van der Waals surface area contributed by atoms with Crippen molar-refractivity contribution >= 4 is 12.2 Å². The van der Waals surface area contributed by atoms with Gasteiger partial charge < -0.3 is 4.90 Å². The first kappa shape index (κ1) is 15.0. The molecular weight excluding hydrogens is 228 g/mol. The van der Waals surface area contributed by atoms with E-state index >= 15 is 0 Å². The van der Waals surface area contributed by atoms with Crippen LogP contribution < -0.4 is 0 Å². The summed E-state index contributed by atoms with van der Waals surface area (Å²) in [6.07, 6.45) is 2.82. The van der Waals surface area contributed by atoms with E-state index in [2.05, 4.69) is 37.7 Å². The first-order valence-corrected chi connectivity index (χ1v) is 6.90. The average Bonchev–Trinajstić information content (AvgIpc) is 2.39. The van der Waals surface area contributed by atoms with Gasteiger partial charge in [0.1, 0.15) is 12.4 Å². The first-order valence-electron chi connectivity index (χ1n) is 6.90. The number of carbonyl (C=O) groups is 1. The Hall–Kier alpha value is -1.10. The van der Waals surface area contributed by atoms with Crippen molar-refractivity contribution in [2.24, 2.45) is 5.10 Å². The van der Waals surface area contributed by atoms with Gasteiger partial charge in [0.15, 0.2) is 0 Å². The van der Waals surface area contributed by atoms with Gasteiger partial charge in [-0.3, -0.25) is 9.69 Å². The Morgan fingerprint density at radius 3 is 2.50 bits per heavy atom. The zero-order chi connectivity index (χ0) is 13.7. The highest BCUT2D eigenvalue weighted by Gasteiger charge is 2.31. The summed E-state index contributed by atoms with van der Waals surface area (Å²) >= 11 is 0. The molecule has 0 spiro atoms. The number of amides is 1. The lowest BCUT2D eigenvalue weighted by Gasteiger charge is -2.38. The molecule has 0 fully saturated rings. The summed E-state index contributed by atoms with van der Waals surface area (Å²) in [7, 11) is 0. The summed E-state index contributed by atoms with van der Waals surface area (Å²) in [5.74, 6) is 0.0877. The molecule has 0 saturated carbocycles. The zero-order valence-electron chi connectivity index (χ0n) is 12.3. The second kappa shape index (κ2) is 6.73. The number of nitrogens with zero attached hydrogens (tertiary/aromatic N) is 4. The molecule has 1 aliphatic heterocycles. The predicted molar refractivity (Wildman–Crippen MR) is 74.2 cm³/mol. The van der Waals surface area contributed by atoms with Gasteiger partial charge in [-0.15, -0.1) is 0 Å². The highest BCUT2D eigenvalue weighted by Crippen LogP contribution is 2.14. The maximum Gasteiger partial charge on any atom is 0.266 e. The summed E-state index contributed by atoms with van der Waals surface area (Å²) in [6, 6.07) is 0.233. The molecule has 0 aromatic carbocycles. The van der Waals surface area contributed by atoms with Gasteiger partial charge in [-0.1, -0.05) is 20.8 Å². The summed E-state index contributed by atoms with van der Waals surface area (Å²) in [6.45, 7) is 12.8. The van der Waals surface area contributed by atoms with Gasteiger partial charge in [0, 0.05) is 6.04 Å². The van der Waals surface area contributed by atoms with E-state index in [9.17, 15) is 4.79 Å². The first-order chi connectivity index (χ1) is 8.54. The molecule has 2 atom stereocenters. The van der Waals surface area contributed by atoms with E-state index in [1.807, 2.05) is 18.2 Å². The van der Waals surface area contributed by atoms with Gasteiger partial charge in [0.25, 0.3) is 5.91 Å². The Morgan fingerprint density at radius 1 is 1.39 bits per heavy atom. The van der Waals surface area contributed by atoms with Crippen LogP contribution in [0.15, 0.2) is 5.10 Å². The molecule has 0 saturated heterocycles. The maximum atomic E-state index is 12.3. The molecule has 1 rings (SSSR count). The van der Waals surface area contributed by atoms with Crippen LogP contribution in [0.5, 0.6) is 0 Å². The lowest BCUT2D eigenvalue weighted by molar-refractivity contribution is -0.139. The van der Waals surface area contributed by atoms with Crippen LogP contribution in [0.25, 0.3) is 0 Å². The molecule has 0 unspecified atom stereocenters. The molecule has 0 aromatic heterocycles. The summed E-state index contributed by atoms with van der Waals surface area (Å²) in [4.78, 5) is 16.5. The van der Waals surface area contributed by atoms with Crippen LogP contribution in [0.4, 0.5) is 0 Å². The molecule has 104 valence electrons. The predicted octanol–water partition coefficient (Wildman–Crippen LogP) is 1.56. The highest BCUT2D eigenvalue weighted by molar-refractivity contribution is 5.86. The fraction of sp³-hybridized carbons (Fsp3) is 0.846. The van der Waals surface area contributed by atoms with Gasteiger partial charge in [-0.2, -0.15) is 5.10 Å². The van der Waals surface area contributed by atoms with Crippen molar-refractivity contribution in [3.8, 4) is 0 Å². The van der Waals surface area contributed by atoms with Crippen molar-refractivity contribution in [2.75, 3.05) is 19.8 Å². The van der Waals surface area contributed by atoms with Crippen molar-refractivity contribution < 1.29 is 4.79 Å². The zero-order valence-corrected chi connectivity index (χ0v) is 12.3. The largest absolute Gasteiger partial charge is 0.347 e. The van der Waals surface area contributed by atoms with Crippen LogP contribution in [-0.2, 0) is 4.79 Å². The molecule has 1 amide bonds. The van der Waals surface area contributed by atoms with Crippen LogP contribution in [0, 0.1) is 0 Å². The second-order valence-corrected chi connectivity index (χ2v) is 4.79. The number of hydrogen-bond acceptors (Lipinski definition) is 4. The summed E-state index contributed by atoms with van der Waals surface area (Å²) in [5, 5.41) is 5.87. The summed E-state index contributed by atoms with van der Waals surface area (Å²) in [5.41, 5.74) is 0. The second-order valence-electron chi connectivity index (χ2n) is 4.79. The number of hydrogen-bond donors (Lipinski definition) is 0. The van der Waals surface area contributed by atoms with Crippen molar-refractivity contribution in [3.63, 3.8) is 0 Å². The normalized spacial score (nSPS) is 21.9. The van der Waals surface area contributed by atoms with E-state index < -0.39 is 0 Å². The Labute approximate surface area is 110 Å². The molecule has 5 nitrogen and oxygen atoms in total. The quantitative estimate of drug-likeness (QED) is 0.722. The van der Waals surface area contributed by atoms with Gasteiger partial charge >= 0.3 is 0 Å². The van der Waals surface area contributed by atoms with Crippen LogP contribution in [0.1, 0.15) is 41.0 Å². The van der Waals surface area contributed by atoms with Gasteiger partial charge in [-0.25, -0.2) is 5.01 Å². The van der Waals surface area contributed by atoms with Crippen LogP contribution >= 0.6 is 0 Å². The molecule has 0 bridgehead atoms. The third kappa shape index (κ3) is 3.22. The Morgan fingerprint density at radius 2 is 2.00 bits per heavy atom. The Balaban J connectivity index is 2.72. The molecule has 0 aliphatic carbocycles. The summed E-state index contributed by atoms with van der Waals surface area (Å²) < 4.78 is 0. The van der Waals surface area contributed by atoms with Gasteiger partial charge in [0.2, 0.25) is 0 Å². The van der Waals surface area contributed by atoms with E-state index in [1.54, 1.807) is 5.01 Å². The number of carbonyl (C=O) groups excluding carboxylic acids is 1. The van der Waals surface area contributed by atoms with Crippen LogP contribution in [0.3, 0.4) is 0 Å². The number of rotatable bonds is 6. The minimum absolute atomic E-state index is 0.0877. The molecule has 0 aromatic rings. The van der Waals surface area contributed by atoms with E-state index in [1.165, 1.54) is 0 Å². The molecule has 18 heavy (non-hydrogen) atoms. The third-order valence-corrected chi connectivity index (χ3v) is 3.71. The fourth-order valence-corrected chi connectivity index (χ4v) is 2.05. The van der Waals surface area contributed by atoms with Gasteiger partial charge in [0.05, 0.1) is 6.67 Å². The smallest absolute Gasteiger partial charge is 0.266 e. The van der Waals surface area contributed by atoms with Crippen molar-refractivity contribution in [1.29, 1.82) is 0 Å². The minimum Gasteiger partial charge on any atom is -0.347 e. The maximum absolute atomic E-state index is 12.3. The molecule has 1 heterocycles. The van der Waals surface area contributed by atoms with E-state index in [4.69, 9.17) is 0 Å². The van der Waals surface area contributed by atoms with Crippen LogP contribution in [0.2, 0.25) is 0 Å². The van der Waals surface area contributed by atoms with Gasteiger partial charge in [-0.05, 0) is 33.4 Å². The highest BCUT2D eigenvalue weighted by atomic mass is 16.2. The van der Waals surface area contributed by atoms with E-state index in [0.717, 1.165) is 19.5 Å². The third-order valence-electron chi connectivity index (χ3n) is 3.71. The van der Waals surface area contributed by atoms with Crippen molar-refractivity contribution in [2.45, 2.75) is 53.1 Å². The minimum atomic E-state index is -0.118. The molecule has 1 aliphatic rings. The SMILES string of the molecule is CC[C@H](C)N1C=NN(CN(CC)CC)C(=O)[C@@H]1C. The molecule has 0 N–H and O–H groups in total. The fourth-order valence-electron chi connectivity index (χ4n) is 2.05. The van der Waals surface area contributed by atoms with Crippen molar-refractivity contribution in [1.82, 2.24) is 14.8 Å². The molecular formula is C13H26N4O. The lowest BCUT2D eigenvalue weighted by atomic mass is 10.1. The standard InChI is InChI=1S/C13H26N4O/c1-6-11(4)16-9-14-17(13(18)12(16)5)10-15(7-2)8-3/h9,11-12H,6-8,10H2,1-5H3/t11-,12-/m0/s1. The Bertz CT molecular complexity index is 301. The monoisotopic (exact) mass is 254 g/mol. The van der Waals surface area contributed by atoms with E-state index in [-0.39, 0.29) is 11.9 Å². The molecule has 0 radical (unpaired) electrons.